The van der Waals surface area contributed by atoms with Gasteiger partial charge in [0, 0.05) is 195 Å². The van der Waals surface area contributed by atoms with Crippen molar-refractivity contribution in [3.05, 3.63) is 214 Å². The summed E-state index contributed by atoms with van der Waals surface area (Å²) in [6, 6.07) is 29.2. The second kappa shape index (κ2) is 45.2. The Morgan fingerprint density at radius 2 is 0.766 bits per heavy atom. The van der Waals surface area contributed by atoms with Crippen LogP contribution in [-0.2, 0) is 82.5 Å². The van der Waals surface area contributed by atoms with Gasteiger partial charge in [0.05, 0.1) is 103 Å². The molecule has 0 saturated carbocycles. The van der Waals surface area contributed by atoms with Gasteiger partial charge in [0.15, 0.2) is 34.7 Å². The first kappa shape index (κ1) is 104. The molecule has 29 nitrogen and oxygen atoms in total. The van der Waals surface area contributed by atoms with E-state index in [-0.39, 0.29) is 188 Å². The summed E-state index contributed by atoms with van der Waals surface area (Å²) in [5.74, 6) is 8.36. The Morgan fingerprint density at radius 1 is 0.461 bits per heavy atom. The summed E-state index contributed by atoms with van der Waals surface area (Å²) < 4.78 is 33.1. The maximum atomic E-state index is 13.6. The van der Waals surface area contributed by atoms with Crippen LogP contribution in [0.15, 0.2) is 147 Å². The second-order valence-corrected chi connectivity index (χ2v) is 48.7. The van der Waals surface area contributed by atoms with Gasteiger partial charge in [-0.05, 0) is 180 Å². The van der Waals surface area contributed by atoms with Crippen molar-refractivity contribution in [2.75, 3.05) is 66.1 Å². The normalized spacial score (nSPS) is 16.5. The first-order chi connectivity index (χ1) is 67.1. The molecule has 6 aliphatic heterocycles. The largest absolute Gasteiger partial charge is 1.00 e. The molecule has 3 saturated heterocycles. The zero-order valence-electron chi connectivity index (χ0n) is 83.5. The topological polar surface area (TPSA) is 315 Å². The van der Waals surface area contributed by atoms with Gasteiger partial charge in [-0.2, -0.15) is 0 Å². The number of fused-ring (bicyclic) bond motifs is 3. The zero-order valence-corrected chi connectivity index (χ0v) is 90.5. The van der Waals surface area contributed by atoms with Crippen molar-refractivity contribution >= 4 is 176 Å². The molecular formula is C106H111ClFK2N15O14Si2. The molecule has 0 N–H and O–H groups in total. The number of terminal acetylenes is 1. The first-order valence-corrected chi connectivity index (χ1v) is 54.3. The summed E-state index contributed by atoms with van der Waals surface area (Å²) in [4.78, 5) is 167. The molecule has 9 aromatic heterocycles. The number of halogens is 2. The van der Waals surface area contributed by atoms with Gasteiger partial charge in [-0.25, -0.2) is 29.3 Å². The molecule has 3 fully saturated rings. The maximum Gasteiger partial charge on any atom is 1.00 e. The number of urea groups is 2. The molecule has 0 bridgehead atoms. The van der Waals surface area contributed by atoms with Gasteiger partial charge < -0.3 is 59.4 Å². The molecule has 35 heteroatoms. The number of rotatable bonds is 7. The number of allylic oxidation sites excluding steroid dienone is 6. The van der Waals surface area contributed by atoms with E-state index in [1.165, 1.54) is 12.8 Å². The number of benzene rings is 3. The van der Waals surface area contributed by atoms with Crippen molar-refractivity contribution in [2.24, 2.45) is 0 Å². The van der Waals surface area contributed by atoms with Crippen LogP contribution in [0, 0.1) is 35.3 Å². The van der Waals surface area contributed by atoms with E-state index in [1.54, 1.807) is 28.4 Å². The molecule has 0 radical (unpaired) electrons. The van der Waals surface area contributed by atoms with Crippen LogP contribution in [0.3, 0.4) is 0 Å². The zero-order chi connectivity index (χ0) is 99.3. The molecule has 0 atom stereocenters. The number of aromatic nitrogens is 9. The van der Waals surface area contributed by atoms with Gasteiger partial charge in [0.1, 0.15) is 38.7 Å². The third kappa shape index (κ3) is 23.1. The minimum atomic E-state index is -1.69. The van der Waals surface area contributed by atoms with Crippen LogP contribution >= 0.6 is 11.6 Å². The average Bonchev–Trinajstić information content (AvgIpc) is 1.58. The van der Waals surface area contributed by atoms with Crippen LogP contribution in [0.1, 0.15) is 168 Å². The number of pyridine rings is 3. The fourth-order valence-electron chi connectivity index (χ4n) is 19.6. The molecule has 3 aliphatic carbocycles. The van der Waals surface area contributed by atoms with E-state index in [1.807, 2.05) is 170 Å². The van der Waals surface area contributed by atoms with Crippen LogP contribution in [0.4, 0.5) is 23.6 Å². The van der Waals surface area contributed by atoms with Crippen LogP contribution in [-0.4, -0.2) is 224 Å². The summed E-state index contributed by atoms with van der Waals surface area (Å²) in [5.41, 5.74) is 23.1. The molecule has 718 valence electrons. The Hall–Kier alpha value is -11.1. The van der Waals surface area contributed by atoms with E-state index in [9.17, 15) is 52.3 Å². The van der Waals surface area contributed by atoms with E-state index in [0.717, 1.165) is 156 Å². The smallest absolute Gasteiger partial charge is 1.00 e. The Balaban J connectivity index is 0.000000165. The molecule has 6 amide bonds. The third-order valence-corrected chi connectivity index (χ3v) is 27.7. The van der Waals surface area contributed by atoms with E-state index >= 15 is 0 Å². The van der Waals surface area contributed by atoms with Crippen LogP contribution in [0.25, 0.3) is 83.1 Å². The summed E-state index contributed by atoms with van der Waals surface area (Å²) in [6.45, 7) is 28.0. The molecule has 0 unspecified atom stereocenters. The van der Waals surface area contributed by atoms with E-state index in [4.69, 9.17) is 34.2 Å². The van der Waals surface area contributed by atoms with E-state index in [2.05, 4.69) is 114 Å². The Morgan fingerprint density at radius 3 is 1.07 bits per heavy atom. The van der Waals surface area contributed by atoms with Crippen molar-refractivity contribution in [1.29, 1.82) is 0 Å². The van der Waals surface area contributed by atoms with Crippen molar-refractivity contribution in [3.8, 4) is 35.3 Å². The number of likely N-dealkylation sites (tertiary alicyclic amines) is 3. The van der Waals surface area contributed by atoms with Gasteiger partial charge in [-0.1, -0.05) is 75.2 Å². The van der Waals surface area contributed by atoms with Crippen molar-refractivity contribution in [3.63, 3.8) is 0 Å². The fraction of sp³-hybridized carbons (Fsp3) is 0.358. The van der Waals surface area contributed by atoms with Gasteiger partial charge in [0.25, 0.3) is 6.47 Å². The predicted octanol–water partition coefficient (Wildman–Crippen LogP) is 10.2. The summed E-state index contributed by atoms with van der Waals surface area (Å²) >= 11 is 5.24. The van der Waals surface area contributed by atoms with E-state index < -0.39 is 28.9 Å². The van der Waals surface area contributed by atoms with Crippen LogP contribution in [0.5, 0.6) is 0 Å². The minimum absolute atomic E-state index is 0. The Labute approximate surface area is 911 Å². The van der Waals surface area contributed by atoms with Gasteiger partial charge in [0.2, 0.25) is 0 Å². The number of ketones is 6. The fourth-order valence-corrected chi connectivity index (χ4v) is 20.8. The standard InChI is InChI=1S/C34H35N5O3Si.C33H34N4O4Si.C31H27N5O3.C6H10ClNO.CH3F.CH2O3.2K.H/c1-43(2,3)16-10-23-17-24-21-38(34(42)36-11-6-4-7-12-36)15-14-37-22-26(25(18-23)33(24)37)31-28(40)19-29(41)32(31)27-20-35-30-9-5-8-13-39(27)30;1-33(2,3)41-32(40)36-13-12-35-20-24(23-16-21(10-14-42(4,5)6)15-22(19-36)31(23)35)29-26(38)17-27(39)30(29)25-18-34-28-9-7-8-11-37(25)28;1-2-20-14-21-18-35(31(39)33-9-5-3-6-10-33)13-12-34-19-23(22(15-20)30(21)34)28-25(37)16-26(38)29(28)24-17-32-27-8-4-7-11-36(24)27;7-6(9)8-4-2-1-3-5-8;1-2;2-1-4-3;;;/h5,8-9,13,17-18,20,22H,4,6-7,11-12,14-15,19,21H2,1-3H3;7-9,11,15-16,18,20H,12-13,17,19H2,1-6H3;1,4,7-8,11,14-15,17,19H,3,5-6,9-10,12-13,16,18H2;1-5H2;1H3;1,3H;;;/q;;;;;;2*+1;-1/p-1/i;;;;1D;;;;. The number of carbonyl (C=O) groups excluding carboxylic acids is 11. The van der Waals surface area contributed by atoms with Crippen molar-refractivity contribution in [2.45, 2.75) is 182 Å². The third-order valence-electron chi connectivity index (χ3n) is 25.7. The van der Waals surface area contributed by atoms with Crippen molar-refractivity contribution < 1.29 is 178 Å². The number of ether oxygens (including phenoxy) is 1. The number of hydrogen-bond acceptors (Lipinski definition) is 17. The SMILES string of the molecule is C#Cc1cc2c3c(c1)c(C1=C(c4cnc5ccccn45)C(=O)CC1=O)cn3CCN(C(=O)N1CCCCC1)C2.CC(C)(C)OC(=O)N1CCn2cc(C3=C(c4cnc5ccccn45)C(=O)CC3=O)c3cc(C#C[Si](C)(C)C)cc(c32)C1.C[Si](C)(C)C#Cc1cc2c3c(c1)c(C1=C(c4cnc5ccccn45)C(=O)CC1=O)cn3CCN(C(=O)N1CCCCC1)C2.O=C(Cl)N1CCCCC1.O=CO[O-].[2H]CF.[H-].[K+].[K+]. The van der Waals surface area contributed by atoms with Crippen LogP contribution < -0.4 is 108 Å². The first-order valence-electron chi connectivity index (χ1n) is 47.6. The summed E-state index contributed by atoms with van der Waals surface area (Å²) in [6.07, 6.45) is 31.5. The molecule has 12 aromatic rings. The van der Waals surface area contributed by atoms with E-state index in [0.29, 0.717) is 137 Å². The number of hydrogen-bond donors (Lipinski definition) is 0. The molecule has 21 rings (SSSR count). The molecular weight excluding hydrogens is 1900 g/mol. The number of amides is 6. The molecule has 141 heavy (non-hydrogen) atoms. The minimum Gasteiger partial charge on any atom is -1.00 e. The van der Waals surface area contributed by atoms with Crippen molar-refractivity contribution in [1.82, 2.24) is 71.3 Å². The van der Waals surface area contributed by atoms with Gasteiger partial charge >= 0.3 is 126 Å². The quantitative estimate of drug-likeness (QED) is 0.0209. The molecule has 3 aromatic carbocycles. The predicted molar refractivity (Wildman–Crippen MR) is 535 cm³/mol. The maximum absolute atomic E-state index is 13.6. The number of imidazole rings is 3. The summed E-state index contributed by atoms with van der Waals surface area (Å²) in [7, 11) is -4.35. The Kier molecular flexibility index (Phi) is 33.4. The number of alkyl halides is 1. The van der Waals surface area contributed by atoms with Crippen LogP contribution in [0.2, 0.25) is 39.3 Å². The molecule has 0 spiro atoms. The van der Waals surface area contributed by atoms with Gasteiger partial charge in [-0.15, -0.1) is 17.5 Å². The Bertz CT molecular complexity index is 7350. The number of piperidine rings is 3. The number of carbonyl (C=O) groups is 11. The monoisotopic (exact) mass is 2010 g/mol. The second-order valence-electron chi connectivity index (χ2n) is 38.9. The molecule has 15 heterocycles. The average molecular weight is 2010 g/mol. The molecule has 9 aliphatic rings. The van der Waals surface area contributed by atoms with Gasteiger partial charge in [-0.3, -0.25) is 55.9 Å². The summed E-state index contributed by atoms with van der Waals surface area (Å²) in [5, 5.41) is 10.7. The number of nitrogens with zero attached hydrogens (tertiary/aromatic N) is 15. The number of Topliss-reactive ketones (excluding diaryl/α,β-unsaturated/α-hetero) is 6.